The van der Waals surface area contributed by atoms with E-state index in [-0.39, 0.29) is 5.57 Å². The van der Waals surface area contributed by atoms with Gasteiger partial charge in [-0.2, -0.15) is 0 Å². The highest BCUT2D eigenvalue weighted by Gasteiger charge is 2.53. The maximum atomic E-state index is 9.60. The van der Waals surface area contributed by atoms with E-state index in [1.165, 1.54) is 13.3 Å². The summed E-state index contributed by atoms with van der Waals surface area (Å²) in [4.78, 5) is 9.60. The Morgan fingerprint density at radius 1 is 1.11 bits per heavy atom. The highest BCUT2D eigenvalue weighted by Crippen LogP contribution is 2.64. The molecule has 0 aliphatic heterocycles. The molecule has 4 rings (SSSR count). The molecule has 0 radical (unpaired) electrons. The number of carboxylic acid groups (broad SMARTS) is 1. The molecule has 4 fully saturated rings. The third kappa shape index (κ3) is 2.78. The predicted molar refractivity (Wildman–Crippen MR) is 73.3 cm³/mol. The van der Waals surface area contributed by atoms with Crippen LogP contribution in [-0.2, 0) is 4.79 Å². The summed E-state index contributed by atoms with van der Waals surface area (Å²) in [5, 5.41) is 7.89. The van der Waals surface area contributed by atoms with Crippen molar-refractivity contribution in [2.75, 3.05) is 0 Å². The fourth-order valence-corrected chi connectivity index (χ4v) is 5.22. The van der Waals surface area contributed by atoms with Crippen LogP contribution in [0.2, 0.25) is 0 Å². The topological polar surface area (TPSA) is 37.3 Å². The molecule has 0 aromatic heterocycles. The Bertz CT molecular complexity index is 323. The van der Waals surface area contributed by atoms with Gasteiger partial charge in [-0.25, -0.2) is 4.79 Å². The first-order valence-corrected chi connectivity index (χ1v) is 7.10. The summed E-state index contributed by atoms with van der Waals surface area (Å²) < 4.78 is 0. The van der Waals surface area contributed by atoms with E-state index in [0.29, 0.717) is 0 Å². The SMILES string of the molecule is C=C(C)C(=O)O.CC12CC3CC(C1)CC(C)(C3)C2. The summed E-state index contributed by atoms with van der Waals surface area (Å²) in [6.07, 6.45) is 9.33. The van der Waals surface area contributed by atoms with E-state index in [0.717, 1.165) is 22.7 Å². The third-order valence-corrected chi connectivity index (χ3v) is 5.01. The molecule has 0 amide bonds. The minimum absolute atomic E-state index is 0.176. The molecular weight excluding hydrogens is 224 g/mol. The number of hydrogen-bond donors (Lipinski definition) is 1. The Kier molecular flexibility index (Phi) is 3.33. The Morgan fingerprint density at radius 3 is 1.67 bits per heavy atom. The Morgan fingerprint density at radius 2 is 1.44 bits per heavy atom. The second-order valence-electron chi connectivity index (χ2n) is 7.67. The predicted octanol–water partition coefficient (Wildman–Crippen LogP) is 4.26. The Labute approximate surface area is 110 Å². The van der Waals surface area contributed by atoms with Crippen LogP contribution in [0.1, 0.15) is 59.3 Å². The smallest absolute Gasteiger partial charge is 0.330 e. The molecule has 18 heavy (non-hydrogen) atoms. The van der Waals surface area contributed by atoms with Crippen molar-refractivity contribution in [3.8, 4) is 0 Å². The van der Waals surface area contributed by atoms with Gasteiger partial charge in [-0.15, -0.1) is 0 Å². The van der Waals surface area contributed by atoms with Crippen molar-refractivity contribution in [1.82, 2.24) is 0 Å². The molecule has 0 aromatic rings. The molecule has 4 aliphatic carbocycles. The molecule has 0 heterocycles. The molecule has 0 atom stereocenters. The minimum Gasteiger partial charge on any atom is -0.478 e. The first-order valence-electron chi connectivity index (χ1n) is 7.10. The van der Waals surface area contributed by atoms with Crippen LogP contribution < -0.4 is 0 Å². The van der Waals surface area contributed by atoms with Crippen molar-refractivity contribution in [1.29, 1.82) is 0 Å². The van der Waals surface area contributed by atoms with Crippen LogP contribution in [0.5, 0.6) is 0 Å². The Hall–Kier alpha value is -0.790. The van der Waals surface area contributed by atoms with E-state index < -0.39 is 5.97 Å². The van der Waals surface area contributed by atoms with Gasteiger partial charge in [0.15, 0.2) is 0 Å². The lowest BCUT2D eigenvalue weighted by Gasteiger charge is -2.60. The molecule has 2 heteroatoms. The zero-order valence-electron chi connectivity index (χ0n) is 12.0. The molecule has 102 valence electrons. The fraction of sp³-hybridized carbons (Fsp3) is 0.812. The van der Waals surface area contributed by atoms with Crippen LogP contribution in [0.25, 0.3) is 0 Å². The molecule has 1 N–H and O–H groups in total. The van der Waals surface area contributed by atoms with Crippen LogP contribution in [0, 0.1) is 22.7 Å². The van der Waals surface area contributed by atoms with Gasteiger partial charge in [-0.3, -0.25) is 0 Å². The van der Waals surface area contributed by atoms with Crippen LogP contribution in [0.4, 0.5) is 0 Å². The van der Waals surface area contributed by atoms with Gasteiger partial charge in [0.2, 0.25) is 0 Å². The van der Waals surface area contributed by atoms with Gasteiger partial charge in [0.1, 0.15) is 0 Å². The van der Waals surface area contributed by atoms with Crippen LogP contribution in [0.3, 0.4) is 0 Å². The Balaban J connectivity index is 0.000000174. The average molecular weight is 250 g/mol. The van der Waals surface area contributed by atoms with Crippen molar-refractivity contribution in [2.24, 2.45) is 22.7 Å². The van der Waals surface area contributed by atoms with Gasteiger partial charge in [0.05, 0.1) is 0 Å². The van der Waals surface area contributed by atoms with Crippen LogP contribution >= 0.6 is 0 Å². The first-order chi connectivity index (χ1) is 8.21. The summed E-state index contributed by atoms with van der Waals surface area (Å²) in [6, 6.07) is 0. The van der Waals surface area contributed by atoms with E-state index >= 15 is 0 Å². The minimum atomic E-state index is -0.935. The van der Waals surface area contributed by atoms with Gasteiger partial charge in [0.25, 0.3) is 0 Å². The van der Waals surface area contributed by atoms with Gasteiger partial charge in [-0.1, -0.05) is 20.4 Å². The van der Waals surface area contributed by atoms with E-state index in [1.54, 1.807) is 32.1 Å². The maximum Gasteiger partial charge on any atom is 0.330 e. The van der Waals surface area contributed by atoms with Crippen LogP contribution in [-0.4, -0.2) is 11.1 Å². The molecule has 0 spiro atoms. The lowest BCUT2D eigenvalue weighted by atomic mass is 9.45. The second kappa shape index (κ2) is 4.40. The molecule has 0 aromatic carbocycles. The van der Waals surface area contributed by atoms with Crippen molar-refractivity contribution < 1.29 is 9.90 Å². The zero-order valence-corrected chi connectivity index (χ0v) is 12.0. The number of hydrogen-bond acceptors (Lipinski definition) is 1. The second-order valence-corrected chi connectivity index (χ2v) is 7.67. The van der Waals surface area contributed by atoms with E-state index in [1.807, 2.05) is 0 Å². The van der Waals surface area contributed by atoms with Gasteiger partial charge < -0.3 is 5.11 Å². The molecule has 4 aliphatic rings. The number of aliphatic carboxylic acids is 1. The molecule has 4 saturated carbocycles. The summed E-state index contributed by atoms with van der Waals surface area (Å²) in [7, 11) is 0. The first kappa shape index (κ1) is 13.6. The molecule has 0 saturated heterocycles. The van der Waals surface area contributed by atoms with Crippen molar-refractivity contribution >= 4 is 5.97 Å². The maximum absolute atomic E-state index is 9.60. The van der Waals surface area contributed by atoms with E-state index in [4.69, 9.17) is 5.11 Å². The summed E-state index contributed by atoms with van der Waals surface area (Å²) in [6.45, 7) is 9.69. The lowest BCUT2D eigenvalue weighted by molar-refractivity contribution is -0.132. The molecular formula is C16H26O2. The molecule has 4 bridgehead atoms. The van der Waals surface area contributed by atoms with Crippen LogP contribution in [0.15, 0.2) is 12.2 Å². The normalized spacial score (nSPS) is 44.2. The van der Waals surface area contributed by atoms with Crippen molar-refractivity contribution in [3.63, 3.8) is 0 Å². The summed E-state index contributed by atoms with van der Waals surface area (Å²) in [5.41, 5.74) is 1.70. The lowest BCUT2D eigenvalue weighted by Crippen LogP contribution is -2.49. The van der Waals surface area contributed by atoms with Gasteiger partial charge >= 0.3 is 5.97 Å². The zero-order chi connectivity index (χ0) is 13.6. The monoisotopic (exact) mass is 250 g/mol. The highest BCUT2D eigenvalue weighted by atomic mass is 16.4. The number of carboxylic acids is 1. The third-order valence-electron chi connectivity index (χ3n) is 5.01. The van der Waals surface area contributed by atoms with Crippen molar-refractivity contribution in [3.05, 3.63) is 12.2 Å². The van der Waals surface area contributed by atoms with Crippen molar-refractivity contribution in [2.45, 2.75) is 59.3 Å². The summed E-state index contributed by atoms with van der Waals surface area (Å²) in [5.74, 6) is 1.29. The quantitative estimate of drug-likeness (QED) is 0.706. The van der Waals surface area contributed by atoms with Gasteiger partial charge in [0, 0.05) is 5.57 Å². The fourth-order valence-electron chi connectivity index (χ4n) is 5.22. The standard InChI is InChI=1S/C12H20.C4H6O2/c1-11-4-9-3-10(5-11)7-12(2,6-9)8-11;1-3(2)4(5)6/h9-10H,3-8H2,1-2H3;1H2,2H3,(H,5,6). The summed E-state index contributed by atoms with van der Waals surface area (Å²) >= 11 is 0. The highest BCUT2D eigenvalue weighted by molar-refractivity contribution is 5.84. The van der Waals surface area contributed by atoms with E-state index in [2.05, 4.69) is 20.4 Å². The number of rotatable bonds is 1. The molecule has 0 unspecified atom stereocenters. The largest absolute Gasteiger partial charge is 0.478 e. The molecule has 2 nitrogen and oxygen atoms in total. The van der Waals surface area contributed by atoms with E-state index in [9.17, 15) is 4.79 Å². The van der Waals surface area contributed by atoms with Gasteiger partial charge in [-0.05, 0) is 68.1 Å². The average Bonchev–Trinajstić information content (AvgIpc) is 2.11. The number of carbonyl (C=O) groups is 1.